The van der Waals surface area contributed by atoms with Crippen LogP contribution in [0.25, 0.3) is 0 Å². The molecule has 15 heavy (non-hydrogen) atoms. The molecule has 0 radical (unpaired) electrons. The molecular weight excluding hydrogens is 214 g/mol. The smallest absolute Gasteiger partial charge is 0.264 e. The first-order valence-corrected chi connectivity index (χ1v) is 6.08. The van der Waals surface area contributed by atoms with Crippen LogP contribution >= 0.6 is 0 Å². The van der Waals surface area contributed by atoms with Crippen molar-refractivity contribution in [1.29, 1.82) is 0 Å². The van der Waals surface area contributed by atoms with Crippen LogP contribution in [0.15, 0.2) is 24.5 Å². The molecule has 80 valence electrons. The van der Waals surface area contributed by atoms with E-state index in [1.165, 1.54) is 0 Å². The summed E-state index contributed by atoms with van der Waals surface area (Å²) in [6.07, 6.45) is 4.94. The quantitative estimate of drug-likeness (QED) is 0.558. The lowest BCUT2D eigenvalue weighted by Gasteiger charge is -1.93. The van der Waals surface area contributed by atoms with Crippen molar-refractivity contribution in [2.75, 3.05) is 12.9 Å². The van der Waals surface area contributed by atoms with Gasteiger partial charge in [-0.25, -0.2) is 0 Å². The molecular formula is C10H11NO3S. The van der Waals surface area contributed by atoms with Crippen molar-refractivity contribution < 1.29 is 12.6 Å². The fourth-order valence-electron chi connectivity index (χ4n) is 0.855. The summed E-state index contributed by atoms with van der Waals surface area (Å²) in [7, 11) is -3.38. The van der Waals surface area contributed by atoms with Crippen LogP contribution in [0, 0.1) is 11.8 Å². The fourth-order valence-corrected chi connectivity index (χ4v) is 1.13. The molecule has 0 saturated heterocycles. The highest BCUT2D eigenvalue weighted by Crippen LogP contribution is 1.94. The summed E-state index contributed by atoms with van der Waals surface area (Å²) in [5.74, 6) is 5.41. The lowest BCUT2D eigenvalue weighted by Crippen LogP contribution is -2.02. The van der Waals surface area contributed by atoms with E-state index >= 15 is 0 Å². The van der Waals surface area contributed by atoms with Crippen LogP contribution in [0.3, 0.4) is 0 Å². The maximum Gasteiger partial charge on any atom is 0.265 e. The minimum atomic E-state index is -3.38. The standard InChI is InChI=1S/C10H11NO3S/c1-15(12,13)14-8-3-2-5-10-6-4-7-11-9-10/h4,6-7,9H,5,8H2,1H3. The molecule has 0 spiro atoms. The molecule has 0 N–H and O–H groups in total. The van der Waals surface area contributed by atoms with Crippen molar-refractivity contribution >= 4 is 10.1 Å². The Bertz CT molecular complexity index is 456. The van der Waals surface area contributed by atoms with Gasteiger partial charge in [-0.15, -0.1) is 0 Å². The van der Waals surface area contributed by atoms with Crippen molar-refractivity contribution in [3.05, 3.63) is 30.1 Å². The summed E-state index contributed by atoms with van der Waals surface area (Å²) >= 11 is 0. The first kappa shape index (κ1) is 11.7. The maximum absolute atomic E-state index is 10.6. The second-order valence-corrected chi connectivity index (χ2v) is 4.50. The summed E-state index contributed by atoms with van der Waals surface area (Å²) in [5, 5.41) is 0. The van der Waals surface area contributed by atoms with Crippen molar-refractivity contribution in [2.24, 2.45) is 0 Å². The zero-order chi connectivity index (χ0) is 11.1. The van der Waals surface area contributed by atoms with Gasteiger partial charge in [0, 0.05) is 18.8 Å². The summed E-state index contributed by atoms with van der Waals surface area (Å²) in [6.45, 7) is -0.0981. The van der Waals surface area contributed by atoms with E-state index in [4.69, 9.17) is 0 Å². The number of hydrogen-bond acceptors (Lipinski definition) is 4. The molecule has 1 aromatic rings. The molecule has 1 aromatic heterocycles. The van der Waals surface area contributed by atoms with Crippen molar-refractivity contribution in [1.82, 2.24) is 4.98 Å². The molecule has 1 rings (SSSR count). The Balaban J connectivity index is 2.35. The van der Waals surface area contributed by atoms with E-state index < -0.39 is 10.1 Å². The molecule has 0 aromatic carbocycles. The molecule has 0 aliphatic heterocycles. The van der Waals surface area contributed by atoms with Crippen molar-refractivity contribution in [3.8, 4) is 11.8 Å². The Hall–Kier alpha value is -1.38. The molecule has 1 heterocycles. The topological polar surface area (TPSA) is 56.3 Å². The van der Waals surface area contributed by atoms with Gasteiger partial charge in [-0.05, 0) is 11.6 Å². The predicted octanol–water partition coefficient (Wildman–Crippen LogP) is 0.604. The van der Waals surface area contributed by atoms with Crippen LogP contribution in [0.5, 0.6) is 0 Å². The average molecular weight is 225 g/mol. The summed E-state index contributed by atoms with van der Waals surface area (Å²) < 4.78 is 25.6. The van der Waals surface area contributed by atoms with Crippen LogP contribution in [0.2, 0.25) is 0 Å². The minimum Gasteiger partial charge on any atom is -0.264 e. The molecule has 0 amide bonds. The Morgan fingerprint density at radius 3 is 2.87 bits per heavy atom. The van der Waals surface area contributed by atoms with Gasteiger partial charge in [-0.3, -0.25) is 9.17 Å². The van der Waals surface area contributed by atoms with Gasteiger partial charge in [0.05, 0.1) is 6.26 Å². The minimum absolute atomic E-state index is 0.0981. The van der Waals surface area contributed by atoms with Crippen LogP contribution in [-0.2, 0) is 20.7 Å². The number of pyridine rings is 1. The lowest BCUT2D eigenvalue weighted by molar-refractivity contribution is 0.368. The Kier molecular flexibility index (Phi) is 4.28. The van der Waals surface area contributed by atoms with E-state index in [9.17, 15) is 8.42 Å². The fraction of sp³-hybridized carbons (Fsp3) is 0.300. The van der Waals surface area contributed by atoms with Gasteiger partial charge in [-0.1, -0.05) is 17.9 Å². The predicted molar refractivity (Wildman–Crippen MR) is 56.5 cm³/mol. The molecule has 4 nitrogen and oxygen atoms in total. The number of aromatic nitrogens is 1. The average Bonchev–Trinajstić information content (AvgIpc) is 2.17. The largest absolute Gasteiger partial charge is 0.265 e. The molecule has 0 aliphatic carbocycles. The zero-order valence-electron chi connectivity index (χ0n) is 8.30. The van der Waals surface area contributed by atoms with Crippen molar-refractivity contribution in [3.63, 3.8) is 0 Å². The number of hydrogen-bond donors (Lipinski definition) is 0. The van der Waals surface area contributed by atoms with Gasteiger partial charge in [0.1, 0.15) is 6.61 Å². The third-order valence-electron chi connectivity index (χ3n) is 1.49. The van der Waals surface area contributed by atoms with E-state index in [1.807, 2.05) is 12.1 Å². The normalized spacial score (nSPS) is 10.5. The Morgan fingerprint density at radius 2 is 2.27 bits per heavy atom. The molecule has 0 fully saturated rings. The number of rotatable bonds is 3. The van der Waals surface area contributed by atoms with Crippen LogP contribution in [0.4, 0.5) is 0 Å². The second kappa shape index (κ2) is 5.49. The summed E-state index contributed by atoms with van der Waals surface area (Å²) in [4.78, 5) is 3.93. The van der Waals surface area contributed by atoms with E-state index in [0.29, 0.717) is 6.42 Å². The Morgan fingerprint density at radius 1 is 1.47 bits per heavy atom. The van der Waals surface area contributed by atoms with Gasteiger partial charge < -0.3 is 0 Å². The highest BCUT2D eigenvalue weighted by atomic mass is 32.2. The second-order valence-electron chi connectivity index (χ2n) is 2.86. The maximum atomic E-state index is 10.6. The third kappa shape index (κ3) is 5.83. The van der Waals surface area contributed by atoms with Crippen LogP contribution in [0.1, 0.15) is 5.56 Å². The highest BCUT2D eigenvalue weighted by molar-refractivity contribution is 7.85. The summed E-state index contributed by atoms with van der Waals surface area (Å²) in [6, 6.07) is 3.73. The third-order valence-corrected chi connectivity index (χ3v) is 2.03. The molecule has 0 aliphatic rings. The van der Waals surface area contributed by atoms with Gasteiger partial charge >= 0.3 is 0 Å². The SMILES string of the molecule is CS(=O)(=O)OCC#CCc1cccnc1. The van der Waals surface area contributed by atoms with Gasteiger partial charge in [0.25, 0.3) is 10.1 Å². The lowest BCUT2D eigenvalue weighted by atomic mass is 10.2. The monoisotopic (exact) mass is 225 g/mol. The Labute approximate surface area is 89.4 Å². The summed E-state index contributed by atoms with van der Waals surface area (Å²) in [5.41, 5.74) is 0.990. The van der Waals surface area contributed by atoms with E-state index in [2.05, 4.69) is 21.0 Å². The van der Waals surface area contributed by atoms with Crippen molar-refractivity contribution in [2.45, 2.75) is 6.42 Å². The molecule has 0 saturated carbocycles. The highest BCUT2D eigenvalue weighted by Gasteiger charge is 1.97. The van der Waals surface area contributed by atoms with E-state index in [0.717, 1.165) is 11.8 Å². The van der Waals surface area contributed by atoms with Gasteiger partial charge in [0.2, 0.25) is 0 Å². The molecule has 0 atom stereocenters. The molecule has 5 heteroatoms. The van der Waals surface area contributed by atoms with Gasteiger partial charge in [-0.2, -0.15) is 8.42 Å². The first-order chi connectivity index (χ1) is 7.08. The van der Waals surface area contributed by atoms with E-state index in [-0.39, 0.29) is 6.61 Å². The molecule has 0 unspecified atom stereocenters. The molecule has 0 bridgehead atoms. The van der Waals surface area contributed by atoms with E-state index in [1.54, 1.807) is 12.4 Å². The number of nitrogens with zero attached hydrogens (tertiary/aromatic N) is 1. The van der Waals surface area contributed by atoms with Crippen LogP contribution < -0.4 is 0 Å². The zero-order valence-corrected chi connectivity index (χ0v) is 9.12. The van der Waals surface area contributed by atoms with Gasteiger partial charge in [0.15, 0.2) is 0 Å². The van der Waals surface area contributed by atoms with Crippen LogP contribution in [-0.4, -0.2) is 26.3 Å². The first-order valence-electron chi connectivity index (χ1n) is 4.27.